The van der Waals surface area contributed by atoms with Gasteiger partial charge >= 0.3 is 0 Å². The molecule has 1 N–H and O–H groups in total. The Kier molecular flexibility index (Phi) is 6.71. The average molecular weight is 458 g/mol. The number of fused-ring (bicyclic) bond motifs is 1. The van der Waals surface area contributed by atoms with Gasteiger partial charge in [0, 0.05) is 13.1 Å². The fourth-order valence-corrected chi connectivity index (χ4v) is 5.26. The molecule has 0 spiro atoms. The summed E-state index contributed by atoms with van der Waals surface area (Å²) in [7, 11) is -3.54. The van der Waals surface area contributed by atoms with E-state index in [2.05, 4.69) is 16.3 Å². The van der Waals surface area contributed by atoms with E-state index in [0.717, 1.165) is 37.0 Å². The van der Waals surface area contributed by atoms with Gasteiger partial charge in [-0.05, 0) is 61.7 Å². The van der Waals surface area contributed by atoms with Crippen LogP contribution in [-0.4, -0.2) is 51.2 Å². The van der Waals surface area contributed by atoms with E-state index in [1.807, 2.05) is 31.2 Å². The molecule has 1 amide bonds. The highest BCUT2D eigenvalue weighted by atomic mass is 32.2. The number of aryl methyl sites for hydroxylation is 1. The number of nitrogens with zero attached hydrogens (tertiary/aromatic N) is 2. The van der Waals surface area contributed by atoms with Crippen LogP contribution in [0.25, 0.3) is 0 Å². The first-order valence-electron chi connectivity index (χ1n) is 11.1. The van der Waals surface area contributed by atoms with Gasteiger partial charge in [-0.2, -0.15) is 0 Å². The molecule has 2 aliphatic rings. The quantitative estimate of drug-likeness (QED) is 0.722. The van der Waals surface area contributed by atoms with Crippen molar-refractivity contribution in [3.05, 3.63) is 59.2 Å². The van der Waals surface area contributed by atoms with Crippen molar-refractivity contribution in [3.8, 4) is 5.75 Å². The van der Waals surface area contributed by atoms with Gasteiger partial charge < -0.3 is 10.1 Å². The molecule has 0 radical (unpaired) electrons. The van der Waals surface area contributed by atoms with Gasteiger partial charge in [0.2, 0.25) is 10.0 Å². The maximum Gasteiger partial charge on any atom is 0.263 e. The molecule has 1 atom stereocenters. The van der Waals surface area contributed by atoms with Crippen molar-refractivity contribution < 1.29 is 17.9 Å². The second kappa shape index (κ2) is 9.50. The van der Waals surface area contributed by atoms with Gasteiger partial charge in [-0.25, -0.2) is 8.42 Å². The fraction of sp³-hybridized carbons (Fsp3) is 0.458. The lowest BCUT2D eigenvalue weighted by atomic mass is 10.0. The first kappa shape index (κ1) is 22.6. The molecule has 1 fully saturated rings. The topological polar surface area (TPSA) is 79.0 Å². The summed E-state index contributed by atoms with van der Waals surface area (Å²) < 4.78 is 31.9. The number of benzene rings is 2. The Hall–Kier alpha value is -2.58. The predicted molar refractivity (Wildman–Crippen MR) is 125 cm³/mol. The van der Waals surface area contributed by atoms with Crippen molar-refractivity contribution in [3.63, 3.8) is 0 Å². The summed E-state index contributed by atoms with van der Waals surface area (Å²) in [5.41, 5.74) is 3.68. The molecule has 2 heterocycles. The molecule has 0 bridgehead atoms. The number of rotatable bonds is 6. The van der Waals surface area contributed by atoms with Crippen LogP contribution in [0.2, 0.25) is 0 Å². The number of hydrogen-bond donors (Lipinski definition) is 1. The Morgan fingerprint density at radius 2 is 1.81 bits per heavy atom. The summed E-state index contributed by atoms with van der Waals surface area (Å²) in [5.74, 6) is 0.0888. The molecule has 172 valence electrons. The average Bonchev–Trinajstić information content (AvgIpc) is 2.77. The third-order valence-corrected chi connectivity index (χ3v) is 7.24. The van der Waals surface area contributed by atoms with Gasteiger partial charge in [-0.15, -0.1) is 0 Å². The summed E-state index contributed by atoms with van der Waals surface area (Å²) in [6.07, 6.45) is 4.00. The first-order chi connectivity index (χ1) is 15.3. The van der Waals surface area contributed by atoms with E-state index >= 15 is 0 Å². The lowest BCUT2D eigenvalue weighted by molar-refractivity contribution is -0.127. The fourth-order valence-electron chi connectivity index (χ4n) is 4.35. The van der Waals surface area contributed by atoms with Crippen molar-refractivity contribution in [2.45, 2.75) is 45.4 Å². The van der Waals surface area contributed by atoms with E-state index in [1.54, 1.807) is 12.1 Å². The second-order valence-corrected chi connectivity index (χ2v) is 10.6. The van der Waals surface area contributed by atoms with Crippen LogP contribution < -0.4 is 14.4 Å². The Morgan fingerprint density at radius 1 is 1.09 bits per heavy atom. The molecule has 4 rings (SSSR count). The maximum atomic E-state index is 13.0. The van der Waals surface area contributed by atoms with Crippen molar-refractivity contribution in [1.29, 1.82) is 0 Å². The van der Waals surface area contributed by atoms with E-state index in [4.69, 9.17) is 4.74 Å². The molecular formula is C24H31N3O4S. The summed E-state index contributed by atoms with van der Waals surface area (Å²) >= 11 is 0. The van der Waals surface area contributed by atoms with Gasteiger partial charge in [0.05, 0.1) is 18.5 Å². The SMILES string of the molecule is Cc1ccc2c(c1)O[C@H](C(=O)NCc1ccccc1CN1CCCCC1)CN2S(C)(=O)=O. The highest BCUT2D eigenvalue weighted by Gasteiger charge is 2.35. The molecule has 8 heteroatoms. The zero-order valence-electron chi connectivity index (χ0n) is 18.7. The summed E-state index contributed by atoms with van der Waals surface area (Å²) in [4.78, 5) is 15.4. The molecule has 1 saturated heterocycles. The van der Waals surface area contributed by atoms with E-state index in [0.29, 0.717) is 18.0 Å². The third-order valence-electron chi connectivity index (χ3n) is 6.09. The Balaban J connectivity index is 1.46. The zero-order valence-corrected chi connectivity index (χ0v) is 19.5. The van der Waals surface area contributed by atoms with Gasteiger partial charge in [0.15, 0.2) is 6.10 Å². The number of hydrogen-bond acceptors (Lipinski definition) is 5. The van der Waals surface area contributed by atoms with Crippen LogP contribution in [0.4, 0.5) is 5.69 Å². The lowest BCUT2D eigenvalue weighted by Gasteiger charge is -2.34. The predicted octanol–water partition coefficient (Wildman–Crippen LogP) is 2.82. The van der Waals surface area contributed by atoms with Crippen LogP contribution in [0.3, 0.4) is 0 Å². The monoisotopic (exact) mass is 457 g/mol. The van der Waals surface area contributed by atoms with E-state index in [9.17, 15) is 13.2 Å². The van der Waals surface area contributed by atoms with Gasteiger partial charge in [0.1, 0.15) is 5.75 Å². The summed E-state index contributed by atoms with van der Waals surface area (Å²) in [6.45, 7) is 5.32. The molecule has 2 aromatic carbocycles. The first-order valence-corrected chi connectivity index (χ1v) is 13.0. The number of amides is 1. The third kappa shape index (κ3) is 5.24. The van der Waals surface area contributed by atoms with Crippen LogP contribution in [0.5, 0.6) is 5.75 Å². The maximum absolute atomic E-state index is 13.0. The van der Waals surface area contributed by atoms with Gasteiger partial charge in [0.25, 0.3) is 5.91 Å². The van der Waals surface area contributed by atoms with Crippen molar-refractivity contribution in [1.82, 2.24) is 10.2 Å². The van der Waals surface area contributed by atoms with Crippen LogP contribution >= 0.6 is 0 Å². The number of carbonyl (C=O) groups is 1. The van der Waals surface area contributed by atoms with Crippen LogP contribution in [0.1, 0.15) is 36.0 Å². The Labute approximate surface area is 190 Å². The second-order valence-electron chi connectivity index (χ2n) is 8.70. The summed E-state index contributed by atoms with van der Waals surface area (Å²) in [5, 5.41) is 2.96. The molecule has 32 heavy (non-hydrogen) atoms. The summed E-state index contributed by atoms with van der Waals surface area (Å²) in [6, 6.07) is 13.5. The molecule has 0 saturated carbocycles. The van der Waals surface area contributed by atoms with Crippen molar-refractivity contribution in [2.75, 3.05) is 30.2 Å². The van der Waals surface area contributed by atoms with Crippen LogP contribution in [-0.2, 0) is 27.9 Å². The molecule has 0 aromatic heterocycles. The zero-order chi connectivity index (χ0) is 22.7. The van der Waals surface area contributed by atoms with Gasteiger partial charge in [-0.1, -0.05) is 36.8 Å². The minimum atomic E-state index is -3.54. The number of likely N-dealkylation sites (tertiary alicyclic amines) is 1. The molecule has 2 aromatic rings. The van der Waals surface area contributed by atoms with E-state index in [-0.39, 0.29) is 12.5 Å². The minimum Gasteiger partial charge on any atom is -0.476 e. The molecule has 2 aliphatic heterocycles. The standard InChI is InChI=1S/C24H31N3O4S/c1-18-10-11-21-22(14-18)31-23(17-27(21)32(2,29)30)24(28)25-15-19-8-4-5-9-20(19)16-26-12-6-3-7-13-26/h4-5,8-11,14,23H,3,6-7,12-13,15-17H2,1-2H3,(H,25,28)/t23-/m0/s1. The van der Waals surface area contributed by atoms with Crippen molar-refractivity contribution in [2.24, 2.45) is 0 Å². The molecule has 0 unspecified atom stereocenters. The van der Waals surface area contributed by atoms with Crippen LogP contribution in [0.15, 0.2) is 42.5 Å². The lowest BCUT2D eigenvalue weighted by Crippen LogP contribution is -2.50. The van der Waals surface area contributed by atoms with Crippen LogP contribution in [0, 0.1) is 6.92 Å². The molecular weight excluding hydrogens is 426 g/mol. The number of carbonyl (C=O) groups excluding carboxylic acids is 1. The smallest absolute Gasteiger partial charge is 0.263 e. The van der Waals surface area contributed by atoms with E-state index in [1.165, 1.54) is 29.1 Å². The normalized spacial score (nSPS) is 19.2. The Bertz CT molecular complexity index is 1080. The molecule has 0 aliphatic carbocycles. The number of anilines is 1. The van der Waals surface area contributed by atoms with Crippen molar-refractivity contribution >= 4 is 21.6 Å². The minimum absolute atomic E-state index is 0.0455. The highest BCUT2D eigenvalue weighted by Crippen LogP contribution is 2.35. The molecule has 7 nitrogen and oxygen atoms in total. The highest BCUT2D eigenvalue weighted by molar-refractivity contribution is 7.92. The number of piperidine rings is 1. The largest absolute Gasteiger partial charge is 0.476 e. The number of nitrogens with one attached hydrogen (secondary N) is 1. The Morgan fingerprint density at radius 3 is 2.53 bits per heavy atom. The van der Waals surface area contributed by atoms with E-state index < -0.39 is 16.1 Å². The van der Waals surface area contributed by atoms with Gasteiger partial charge in [-0.3, -0.25) is 14.0 Å². The number of sulfonamides is 1. The number of ether oxygens (including phenoxy) is 1.